The highest BCUT2D eigenvalue weighted by atomic mass is 16.2. The number of hydrogen-bond acceptors (Lipinski definition) is 4. The third kappa shape index (κ3) is 4.43. The zero-order chi connectivity index (χ0) is 20.8. The molecule has 150 valence electrons. The molecular formula is C24H22N4O2. The molecule has 1 aromatic heterocycles. The van der Waals surface area contributed by atoms with Gasteiger partial charge in [0.25, 0.3) is 5.56 Å². The first kappa shape index (κ1) is 19.5. The molecule has 0 saturated heterocycles. The molecule has 0 aliphatic carbocycles. The van der Waals surface area contributed by atoms with Crippen molar-refractivity contribution >= 4 is 16.8 Å². The van der Waals surface area contributed by atoms with Gasteiger partial charge in [0, 0.05) is 12.5 Å². The summed E-state index contributed by atoms with van der Waals surface area (Å²) in [5.74, 6) is -0.0857. The Bertz CT molecular complexity index is 1150. The van der Waals surface area contributed by atoms with Crippen LogP contribution in [0.4, 0.5) is 0 Å². The van der Waals surface area contributed by atoms with E-state index in [9.17, 15) is 9.59 Å². The molecule has 3 aromatic carbocycles. The van der Waals surface area contributed by atoms with E-state index in [0.717, 1.165) is 11.1 Å². The minimum Gasteiger partial charge on any atom is -0.354 e. The van der Waals surface area contributed by atoms with Crippen LogP contribution in [-0.2, 0) is 11.3 Å². The fraction of sp³-hybridized carbons (Fsp3) is 0.167. The average molecular weight is 398 g/mol. The number of carbonyl (C=O) groups excluding carboxylic acids is 1. The molecule has 6 heteroatoms. The van der Waals surface area contributed by atoms with Gasteiger partial charge < -0.3 is 5.32 Å². The minimum atomic E-state index is -0.317. The molecule has 4 rings (SSSR count). The molecule has 30 heavy (non-hydrogen) atoms. The summed E-state index contributed by atoms with van der Waals surface area (Å²) in [6, 6.07) is 27.5. The second-order valence-corrected chi connectivity index (χ2v) is 7.08. The maximum atomic E-state index is 12.5. The maximum Gasteiger partial charge on any atom is 0.278 e. The van der Waals surface area contributed by atoms with Gasteiger partial charge >= 0.3 is 0 Å². The number of aromatic nitrogens is 3. The molecular weight excluding hydrogens is 376 g/mol. The van der Waals surface area contributed by atoms with Crippen LogP contribution in [0.3, 0.4) is 0 Å². The Morgan fingerprint density at radius 3 is 2.13 bits per heavy atom. The van der Waals surface area contributed by atoms with Crippen molar-refractivity contribution in [2.75, 3.05) is 6.54 Å². The second-order valence-electron chi connectivity index (χ2n) is 7.08. The Hall–Kier alpha value is -3.80. The lowest BCUT2D eigenvalue weighted by atomic mass is 9.88. The van der Waals surface area contributed by atoms with E-state index in [-0.39, 0.29) is 23.9 Å². The van der Waals surface area contributed by atoms with E-state index in [1.54, 1.807) is 24.3 Å². The van der Waals surface area contributed by atoms with E-state index < -0.39 is 0 Å². The van der Waals surface area contributed by atoms with Gasteiger partial charge in [0.2, 0.25) is 5.91 Å². The van der Waals surface area contributed by atoms with Crippen LogP contribution in [0.1, 0.15) is 23.5 Å². The monoisotopic (exact) mass is 398 g/mol. The molecule has 0 fully saturated rings. The lowest BCUT2D eigenvalue weighted by Crippen LogP contribution is -2.35. The molecule has 0 atom stereocenters. The first-order valence-electron chi connectivity index (χ1n) is 9.91. The van der Waals surface area contributed by atoms with Gasteiger partial charge in [-0.3, -0.25) is 9.59 Å². The molecule has 0 aliphatic rings. The highest BCUT2D eigenvalue weighted by Crippen LogP contribution is 2.27. The summed E-state index contributed by atoms with van der Waals surface area (Å²) in [6.45, 7) is 0.334. The Morgan fingerprint density at radius 2 is 1.47 bits per heavy atom. The van der Waals surface area contributed by atoms with Crippen molar-refractivity contribution in [3.63, 3.8) is 0 Å². The third-order valence-electron chi connectivity index (χ3n) is 5.08. The fourth-order valence-corrected chi connectivity index (χ4v) is 3.57. The van der Waals surface area contributed by atoms with Crippen molar-refractivity contribution < 1.29 is 4.79 Å². The van der Waals surface area contributed by atoms with E-state index in [1.807, 2.05) is 36.4 Å². The number of hydrogen-bond donors (Lipinski definition) is 1. The van der Waals surface area contributed by atoms with Gasteiger partial charge in [-0.25, -0.2) is 4.68 Å². The number of amides is 1. The van der Waals surface area contributed by atoms with Crippen molar-refractivity contribution in [3.8, 4) is 0 Å². The summed E-state index contributed by atoms with van der Waals surface area (Å²) in [4.78, 5) is 24.9. The quantitative estimate of drug-likeness (QED) is 0.519. The predicted octanol–water partition coefficient (Wildman–Crippen LogP) is 3.13. The predicted molar refractivity (Wildman–Crippen MR) is 116 cm³/mol. The summed E-state index contributed by atoms with van der Waals surface area (Å²) >= 11 is 0. The molecule has 1 amide bonds. The van der Waals surface area contributed by atoms with Crippen molar-refractivity contribution in [2.45, 2.75) is 18.9 Å². The summed E-state index contributed by atoms with van der Waals surface area (Å²) in [6.07, 6.45) is 0.748. The smallest absolute Gasteiger partial charge is 0.278 e. The topological polar surface area (TPSA) is 76.9 Å². The minimum absolute atomic E-state index is 0.155. The molecule has 1 N–H and O–H groups in total. The number of fused-ring (bicyclic) bond motifs is 1. The molecule has 0 saturated carbocycles. The first-order valence-corrected chi connectivity index (χ1v) is 9.91. The average Bonchev–Trinajstić information content (AvgIpc) is 2.80. The van der Waals surface area contributed by atoms with Gasteiger partial charge in [0.15, 0.2) is 0 Å². The van der Waals surface area contributed by atoms with Crippen LogP contribution >= 0.6 is 0 Å². The van der Waals surface area contributed by atoms with E-state index >= 15 is 0 Å². The number of nitrogens with zero attached hydrogens (tertiary/aromatic N) is 3. The fourth-order valence-electron chi connectivity index (χ4n) is 3.57. The van der Waals surface area contributed by atoms with Crippen molar-refractivity contribution in [2.24, 2.45) is 0 Å². The van der Waals surface area contributed by atoms with Gasteiger partial charge in [0.05, 0.1) is 5.39 Å². The molecule has 6 nitrogen and oxygen atoms in total. The Morgan fingerprint density at radius 1 is 0.867 bits per heavy atom. The van der Waals surface area contributed by atoms with Crippen LogP contribution in [0.15, 0.2) is 89.7 Å². The standard InChI is InChI=1S/C24H22N4O2/c29-23(17-28-24(30)21-13-7-8-14-22(21)26-27-28)25-16-15-20(18-9-3-1-4-10-18)19-11-5-2-6-12-19/h1-14,20H,15-17H2,(H,25,29). The van der Waals surface area contributed by atoms with Crippen molar-refractivity contribution in [1.82, 2.24) is 20.3 Å². The molecule has 0 unspecified atom stereocenters. The molecule has 0 spiro atoms. The Balaban J connectivity index is 1.42. The third-order valence-corrected chi connectivity index (χ3v) is 5.08. The molecule has 0 aliphatic heterocycles. The van der Waals surface area contributed by atoms with E-state index in [4.69, 9.17) is 0 Å². The Kier molecular flexibility index (Phi) is 5.94. The largest absolute Gasteiger partial charge is 0.354 e. The van der Waals surface area contributed by atoms with E-state index in [1.165, 1.54) is 11.1 Å². The molecule has 0 radical (unpaired) electrons. The maximum absolute atomic E-state index is 12.5. The summed E-state index contributed by atoms with van der Waals surface area (Å²) in [5, 5.41) is 11.3. The van der Waals surface area contributed by atoms with E-state index in [2.05, 4.69) is 39.9 Å². The normalized spacial score (nSPS) is 11.0. The van der Waals surface area contributed by atoms with Gasteiger partial charge in [0.1, 0.15) is 12.1 Å². The van der Waals surface area contributed by atoms with Crippen LogP contribution in [0, 0.1) is 0 Å². The van der Waals surface area contributed by atoms with Crippen LogP contribution < -0.4 is 10.9 Å². The SMILES string of the molecule is O=C(Cn1nnc2ccccc2c1=O)NCCC(c1ccccc1)c1ccccc1. The Labute approximate surface area is 174 Å². The highest BCUT2D eigenvalue weighted by Gasteiger charge is 2.15. The van der Waals surface area contributed by atoms with Gasteiger partial charge in [-0.05, 0) is 29.7 Å². The molecule has 4 aromatic rings. The number of rotatable bonds is 7. The van der Waals surface area contributed by atoms with Crippen LogP contribution in [-0.4, -0.2) is 27.4 Å². The lowest BCUT2D eigenvalue weighted by Gasteiger charge is -2.18. The van der Waals surface area contributed by atoms with Gasteiger partial charge in [-0.15, -0.1) is 5.10 Å². The van der Waals surface area contributed by atoms with Crippen molar-refractivity contribution in [3.05, 3.63) is 106 Å². The van der Waals surface area contributed by atoms with Crippen molar-refractivity contribution in [1.29, 1.82) is 0 Å². The summed E-state index contributed by atoms with van der Waals surface area (Å²) in [7, 11) is 0. The highest BCUT2D eigenvalue weighted by molar-refractivity contribution is 5.78. The van der Waals surface area contributed by atoms with Crippen LogP contribution in [0.5, 0.6) is 0 Å². The van der Waals surface area contributed by atoms with Gasteiger partial charge in [-0.1, -0.05) is 78.0 Å². The molecule has 0 bridgehead atoms. The number of benzene rings is 3. The summed E-state index contributed by atoms with van der Waals surface area (Å²) in [5.41, 5.74) is 2.61. The van der Waals surface area contributed by atoms with E-state index in [0.29, 0.717) is 17.4 Å². The molecule has 1 heterocycles. The lowest BCUT2D eigenvalue weighted by molar-refractivity contribution is -0.121. The van der Waals surface area contributed by atoms with Crippen LogP contribution in [0.2, 0.25) is 0 Å². The second kappa shape index (κ2) is 9.13. The zero-order valence-electron chi connectivity index (χ0n) is 16.4. The zero-order valence-corrected chi connectivity index (χ0v) is 16.4. The van der Waals surface area contributed by atoms with Crippen LogP contribution in [0.25, 0.3) is 10.9 Å². The number of nitrogens with one attached hydrogen (secondary N) is 1. The van der Waals surface area contributed by atoms with Gasteiger partial charge in [-0.2, -0.15) is 0 Å². The number of carbonyl (C=O) groups is 1. The first-order chi connectivity index (χ1) is 14.7. The summed E-state index contributed by atoms with van der Waals surface area (Å²) < 4.78 is 1.10.